The number of hydrogen-bond donors (Lipinski definition) is 2. The lowest BCUT2D eigenvalue weighted by atomic mass is 10.3. The third kappa shape index (κ3) is 2.79. The van der Waals surface area contributed by atoms with Crippen LogP contribution in [0.15, 0.2) is 12.7 Å². The standard InChI is InChI=1S/C12H19N7O/c1-5-13-10-9(20-4)11(15-6-14-10)17-8(2)12-18-16-7-19(12)3/h6-8H,5H2,1-4H3,(H2,13,14,15,17). The average molecular weight is 277 g/mol. The summed E-state index contributed by atoms with van der Waals surface area (Å²) in [6.07, 6.45) is 3.15. The van der Waals surface area contributed by atoms with Crippen molar-refractivity contribution in [3.63, 3.8) is 0 Å². The number of anilines is 2. The van der Waals surface area contributed by atoms with Gasteiger partial charge in [-0.1, -0.05) is 0 Å². The highest BCUT2D eigenvalue weighted by molar-refractivity contribution is 5.63. The van der Waals surface area contributed by atoms with Crippen molar-refractivity contribution in [2.75, 3.05) is 24.3 Å². The van der Waals surface area contributed by atoms with Crippen molar-refractivity contribution in [2.45, 2.75) is 19.9 Å². The van der Waals surface area contributed by atoms with Gasteiger partial charge in [0, 0.05) is 13.6 Å². The first kappa shape index (κ1) is 14.0. The van der Waals surface area contributed by atoms with Crippen LogP contribution in [0.2, 0.25) is 0 Å². The molecule has 2 heterocycles. The van der Waals surface area contributed by atoms with Crippen LogP contribution in [0, 0.1) is 0 Å². The lowest BCUT2D eigenvalue weighted by Gasteiger charge is -2.17. The molecular weight excluding hydrogens is 258 g/mol. The fourth-order valence-corrected chi connectivity index (χ4v) is 1.92. The number of aromatic nitrogens is 5. The number of ether oxygens (including phenoxy) is 1. The van der Waals surface area contributed by atoms with Crippen LogP contribution in [-0.4, -0.2) is 38.4 Å². The molecule has 0 fully saturated rings. The summed E-state index contributed by atoms with van der Waals surface area (Å²) in [6.45, 7) is 4.74. The summed E-state index contributed by atoms with van der Waals surface area (Å²) in [5.74, 6) is 2.69. The fourth-order valence-electron chi connectivity index (χ4n) is 1.92. The van der Waals surface area contributed by atoms with Crippen LogP contribution in [0.1, 0.15) is 25.7 Å². The Bertz CT molecular complexity index is 569. The molecule has 0 aliphatic heterocycles. The van der Waals surface area contributed by atoms with Crippen LogP contribution in [0.5, 0.6) is 5.75 Å². The van der Waals surface area contributed by atoms with Gasteiger partial charge in [-0.3, -0.25) is 0 Å². The molecule has 0 aliphatic carbocycles. The number of methoxy groups -OCH3 is 1. The molecule has 2 aromatic rings. The van der Waals surface area contributed by atoms with Gasteiger partial charge in [0.25, 0.3) is 0 Å². The van der Waals surface area contributed by atoms with Crippen LogP contribution in [0.3, 0.4) is 0 Å². The molecule has 0 radical (unpaired) electrons. The number of nitrogens with zero attached hydrogens (tertiary/aromatic N) is 5. The van der Waals surface area contributed by atoms with Crippen molar-refractivity contribution in [3.05, 3.63) is 18.5 Å². The van der Waals surface area contributed by atoms with Crippen molar-refractivity contribution in [3.8, 4) is 5.75 Å². The molecular formula is C12H19N7O. The zero-order chi connectivity index (χ0) is 14.5. The third-order valence-electron chi connectivity index (χ3n) is 2.84. The van der Waals surface area contributed by atoms with Crippen molar-refractivity contribution < 1.29 is 4.74 Å². The van der Waals surface area contributed by atoms with Gasteiger partial charge in [-0.05, 0) is 13.8 Å². The maximum absolute atomic E-state index is 5.38. The molecule has 2 rings (SSSR count). The van der Waals surface area contributed by atoms with Gasteiger partial charge >= 0.3 is 0 Å². The number of aryl methyl sites for hydroxylation is 1. The van der Waals surface area contributed by atoms with Gasteiger partial charge in [-0.2, -0.15) is 0 Å². The molecule has 8 nitrogen and oxygen atoms in total. The number of hydrogen-bond acceptors (Lipinski definition) is 7. The molecule has 1 atom stereocenters. The van der Waals surface area contributed by atoms with Crippen molar-refractivity contribution in [1.82, 2.24) is 24.7 Å². The first-order valence-corrected chi connectivity index (χ1v) is 6.40. The number of rotatable bonds is 6. The summed E-state index contributed by atoms with van der Waals surface area (Å²) < 4.78 is 7.24. The predicted molar refractivity (Wildman–Crippen MR) is 75.8 cm³/mol. The summed E-state index contributed by atoms with van der Waals surface area (Å²) in [4.78, 5) is 8.39. The molecule has 1 unspecified atom stereocenters. The Morgan fingerprint density at radius 3 is 2.70 bits per heavy atom. The first-order valence-electron chi connectivity index (χ1n) is 6.40. The van der Waals surface area contributed by atoms with Gasteiger partial charge in [0.05, 0.1) is 13.2 Å². The van der Waals surface area contributed by atoms with E-state index < -0.39 is 0 Å². The monoisotopic (exact) mass is 277 g/mol. The zero-order valence-corrected chi connectivity index (χ0v) is 12.1. The Kier molecular flexibility index (Phi) is 4.34. The first-order chi connectivity index (χ1) is 9.67. The average Bonchev–Trinajstić information content (AvgIpc) is 2.86. The van der Waals surface area contributed by atoms with Crippen LogP contribution in [0.25, 0.3) is 0 Å². The smallest absolute Gasteiger partial charge is 0.204 e. The summed E-state index contributed by atoms with van der Waals surface area (Å²) in [6, 6.07) is -0.0548. The minimum absolute atomic E-state index is 0.0548. The summed E-state index contributed by atoms with van der Waals surface area (Å²) in [7, 11) is 3.49. The topological polar surface area (TPSA) is 89.8 Å². The molecule has 0 bridgehead atoms. The highest BCUT2D eigenvalue weighted by Crippen LogP contribution is 2.30. The van der Waals surface area contributed by atoms with E-state index in [1.54, 1.807) is 13.4 Å². The molecule has 0 aromatic carbocycles. The molecule has 2 aromatic heterocycles. The van der Waals surface area contributed by atoms with Gasteiger partial charge in [-0.15, -0.1) is 10.2 Å². The van der Waals surface area contributed by atoms with Crippen LogP contribution in [-0.2, 0) is 7.05 Å². The number of nitrogens with one attached hydrogen (secondary N) is 2. The Morgan fingerprint density at radius 1 is 1.35 bits per heavy atom. The van der Waals surface area contributed by atoms with Crippen LogP contribution >= 0.6 is 0 Å². The van der Waals surface area contributed by atoms with Gasteiger partial charge in [0.15, 0.2) is 17.5 Å². The molecule has 108 valence electrons. The molecule has 8 heteroatoms. The Morgan fingerprint density at radius 2 is 2.10 bits per heavy atom. The van der Waals surface area contributed by atoms with E-state index in [2.05, 4.69) is 30.8 Å². The van der Waals surface area contributed by atoms with E-state index in [-0.39, 0.29) is 6.04 Å². The van der Waals surface area contributed by atoms with E-state index in [1.807, 2.05) is 25.5 Å². The molecule has 0 amide bonds. The van der Waals surface area contributed by atoms with Crippen LogP contribution < -0.4 is 15.4 Å². The van der Waals surface area contributed by atoms with Gasteiger partial charge in [-0.25, -0.2) is 9.97 Å². The Balaban J connectivity index is 2.25. The van der Waals surface area contributed by atoms with Crippen molar-refractivity contribution in [2.24, 2.45) is 7.05 Å². The quantitative estimate of drug-likeness (QED) is 0.820. The largest absolute Gasteiger partial charge is 0.490 e. The summed E-state index contributed by atoms with van der Waals surface area (Å²) in [5.41, 5.74) is 0. The molecule has 0 saturated carbocycles. The lowest BCUT2D eigenvalue weighted by molar-refractivity contribution is 0.414. The molecule has 0 saturated heterocycles. The van der Waals surface area contributed by atoms with E-state index in [9.17, 15) is 0 Å². The second-order valence-corrected chi connectivity index (χ2v) is 4.30. The SMILES string of the molecule is CCNc1ncnc(NC(C)c2nncn2C)c1OC. The minimum atomic E-state index is -0.0548. The third-order valence-corrected chi connectivity index (χ3v) is 2.84. The van der Waals surface area contributed by atoms with Gasteiger partial charge < -0.3 is 19.9 Å². The minimum Gasteiger partial charge on any atom is -0.490 e. The maximum Gasteiger partial charge on any atom is 0.204 e. The molecule has 0 spiro atoms. The van der Waals surface area contributed by atoms with Crippen molar-refractivity contribution >= 4 is 11.6 Å². The highest BCUT2D eigenvalue weighted by Gasteiger charge is 2.17. The fraction of sp³-hybridized carbons (Fsp3) is 0.500. The van der Waals surface area contributed by atoms with E-state index in [0.29, 0.717) is 17.4 Å². The molecule has 0 aliphatic rings. The van der Waals surface area contributed by atoms with E-state index >= 15 is 0 Å². The van der Waals surface area contributed by atoms with Gasteiger partial charge in [0.2, 0.25) is 5.75 Å². The summed E-state index contributed by atoms with van der Waals surface area (Å²) in [5, 5.41) is 14.3. The van der Waals surface area contributed by atoms with Crippen molar-refractivity contribution in [1.29, 1.82) is 0 Å². The summed E-state index contributed by atoms with van der Waals surface area (Å²) >= 11 is 0. The maximum atomic E-state index is 5.38. The normalized spacial score (nSPS) is 12.0. The molecule has 20 heavy (non-hydrogen) atoms. The molecule has 2 N–H and O–H groups in total. The Hall–Kier alpha value is -2.38. The van der Waals surface area contributed by atoms with E-state index in [4.69, 9.17) is 4.74 Å². The highest BCUT2D eigenvalue weighted by atomic mass is 16.5. The van der Waals surface area contributed by atoms with E-state index in [1.165, 1.54) is 6.33 Å². The Labute approximate surface area is 117 Å². The van der Waals surface area contributed by atoms with Gasteiger partial charge in [0.1, 0.15) is 12.7 Å². The second-order valence-electron chi connectivity index (χ2n) is 4.30. The van der Waals surface area contributed by atoms with E-state index in [0.717, 1.165) is 12.4 Å². The van der Waals surface area contributed by atoms with Crippen LogP contribution in [0.4, 0.5) is 11.6 Å². The zero-order valence-electron chi connectivity index (χ0n) is 12.1. The lowest BCUT2D eigenvalue weighted by Crippen LogP contribution is -2.14. The predicted octanol–water partition coefficient (Wildman–Crippen LogP) is 1.22. The second kappa shape index (κ2) is 6.18.